The lowest BCUT2D eigenvalue weighted by Gasteiger charge is -2.22. The van der Waals surface area contributed by atoms with Crippen LogP contribution in [0.15, 0.2) is 18.2 Å². The monoisotopic (exact) mass is 254 g/mol. The Bertz CT molecular complexity index is 419. The van der Waals surface area contributed by atoms with Crippen LogP contribution < -0.4 is 11.1 Å². The van der Waals surface area contributed by atoms with E-state index < -0.39 is 5.82 Å². The van der Waals surface area contributed by atoms with Gasteiger partial charge >= 0.3 is 0 Å². The van der Waals surface area contributed by atoms with E-state index in [1.54, 1.807) is 6.07 Å². The summed E-state index contributed by atoms with van der Waals surface area (Å²) in [7, 11) is 0. The molecule has 3 N–H and O–H groups in total. The van der Waals surface area contributed by atoms with Gasteiger partial charge in [0.1, 0.15) is 5.82 Å². The molecule has 1 aliphatic heterocycles. The van der Waals surface area contributed by atoms with E-state index in [-0.39, 0.29) is 17.6 Å². The lowest BCUT2D eigenvalue weighted by Crippen LogP contribution is -2.37. The number of nitrogens with two attached hydrogens (primary N) is 1. The molecule has 0 unspecified atom stereocenters. The molecule has 92 valence electrons. The summed E-state index contributed by atoms with van der Waals surface area (Å²) in [5, 5.41) is 2.92. The molecule has 1 aromatic rings. The number of thioether (sulfide) groups is 1. The van der Waals surface area contributed by atoms with Gasteiger partial charge in [-0.2, -0.15) is 11.8 Å². The first-order chi connectivity index (χ1) is 8.16. The Balaban J connectivity index is 2.01. The van der Waals surface area contributed by atoms with Gasteiger partial charge in [0.05, 0.1) is 5.69 Å². The minimum atomic E-state index is -0.545. The third-order valence-electron chi connectivity index (χ3n) is 2.82. The van der Waals surface area contributed by atoms with Crippen LogP contribution in [-0.2, 0) is 0 Å². The van der Waals surface area contributed by atoms with Crippen LogP contribution in [0.2, 0.25) is 0 Å². The lowest BCUT2D eigenvalue weighted by atomic mass is 10.1. The Morgan fingerprint density at radius 1 is 1.41 bits per heavy atom. The fraction of sp³-hybridized carbons (Fsp3) is 0.417. The molecule has 1 saturated heterocycles. The van der Waals surface area contributed by atoms with Gasteiger partial charge in [0.25, 0.3) is 5.91 Å². The van der Waals surface area contributed by atoms with Crippen molar-refractivity contribution in [3.8, 4) is 0 Å². The van der Waals surface area contributed by atoms with Crippen molar-refractivity contribution < 1.29 is 9.18 Å². The molecule has 0 bridgehead atoms. The van der Waals surface area contributed by atoms with E-state index in [0.717, 1.165) is 24.3 Å². The Kier molecular flexibility index (Phi) is 3.89. The topological polar surface area (TPSA) is 55.1 Å². The number of rotatable bonds is 2. The van der Waals surface area contributed by atoms with Crippen molar-refractivity contribution in [2.24, 2.45) is 0 Å². The Hall–Kier alpha value is -1.23. The molecule has 1 heterocycles. The minimum absolute atomic E-state index is 0.0654. The minimum Gasteiger partial charge on any atom is -0.396 e. The molecule has 3 nitrogen and oxygen atoms in total. The first-order valence-electron chi connectivity index (χ1n) is 5.60. The molecule has 0 radical (unpaired) electrons. The quantitative estimate of drug-likeness (QED) is 0.794. The summed E-state index contributed by atoms with van der Waals surface area (Å²) in [5.74, 6) is 1.37. The number of hydrogen-bond donors (Lipinski definition) is 2. The van der Waals surface area contributed by atoms with Gasteiger partial charge in [-0.3, -0.25) is 4.79 Å². The van der Waals surface area contributed by atoms with Gasteiger partial charge in [-0.25, -0.2) is 4.39 Å². The molecule has 17 heavy (non-hydrogen) atoms. The van der Waals surface area contributed by atoms with Gasteiger partial charge in [-0.15, -0.1) is 0 Å². The number of carbonyl (C=O) groups excluding carboxylic acids is 1. The lowest BCUT2D eigenvalue weighted by molar-refractivity contribution is 0.0934. The predicted octanol–water partition coefficient (Wildman–Crippen LogP) is 2.03. The molecule has 2 rings (SSSR count). The molecule has 1 aromatic carbocycles. The first kappa shape index (κ1) is 12.2. The van der Waals surface area contributed by atoms with E-state index in [9.17, 15) is 9.18 Å². The second-order valence-electron chi connectivity index (χ2n) is 4.10. The Morgan fingerprint density at radius 2 is 2.12 bits per heavy atom. The van der Waals surface area contributed by atoms with Gasteiger partial charge in [0.15, 0.2) is 0 Å². The van der Waals surface area contributed by atoms with Crippen molar-refractivity contribution in [1.29, 1.82) is 0 Å². The van der Waals surface area contributed by atoms with Crippen LogP contribution in [0.3, 0.4) is 0 Å². The highest BCUT2D eigenvalue weighted by molar-refractivity contribution is 7.99. The molecule has 1 aliphatic rings. The van der Waals surface area contributed by atoms with Gasteiger partial charge in [-0.05, 0) is 42.5 Å². The van der Waals surface area contributed by atoms with Gasteiger partial charge in [0, 0.05) is 11.6 Å². The van der Waals surface area contributed by atoms with E-state index in [0.29, 0.717) is 5.56 Å². The molecule has 1 amide bonds. The first-order valence-corrected chi connectivity index (χ1v) is 6.76. The predicted molar refractivity (Wildman–Crippen MR) is 68.6 cm³/mol. The van der Waals surface area contributed by atoms with Crippen molar-refractivity contribution in [1.82, 2.24) is 5.32 Å². The third kappa shape index (κ3) is 3.12. The Morgan fingerprint density at radius 3 is 2.76 bits per heavy atom. The molecule has 1 fully saturated rings. The molecular weight excluding hydrogens is 239 g/mol. The van der Waals surface area contributed by atoms with Crippen LogP contribution >= 0.6 is 11.8 Å². The summed E-state index contributed by atoms with van der Waals surface area (Å²) in [4.78, 5) is 11.9. The van der Waals surface area contributed by atoms with Crippen molar-refractivity contribution in [2.45, 2.75) is 18.9 Å². The number of halogens is 1. The fourth-order valence-electron chi connectivity index (χ4n) is 1.78. The van der Waals surface area contributed by atoms with E-state index in [2.05, 4.69) is 5.32 Å². The zero-order valence-electron chi connectivity index (χ0n) is 9.41. The van der Waals surface area contributed by atoms with E-state index in [1.807, 2.05) is 11.8 Å². The van der Waals surface area contributed by atoms with Crippen molar-refractivity contribution in [2.75, 3.05) is 17.2 Å². The van der Waals surface area contributed by atoms with Crippen LogP contribution in [0.5, 0.6) is 0 Å². The van der Waals surface area contributed by atoms with E-state index in [4.69, 9.17) is 5.73 Å². The number of hydrogen-bond acceptors (Lipinski definition) is 3. The molecular formula is C12H15FN2OS. The maximum atomic E-state index is 13.2. The van der Waals surface area contributed by atoms with Crippen LogP contribution in [0.4, 0.5) is 10.1 Å². The van der Waals surface area contributed by atoms with E-state index >= 15 is 0 Å². The summed E-state index contributed by atoms with van der Waals surface area (Å²) in [6.07, 6.45) is 1.96. The highest BCUT2D eigenvalue weighted by Gasteiger charge is 2.17. The standard InChI is InChI=1S/C12H15FN2OS/c13-10-7-8(1-2-11(10)14)12(16)15-9-3-5-17-6-4-9/h1-2,7,9H,3-6,14H2,(H,15,16). The summed E-state index contributed by atoms with van der Waals surface area (Å²) in [6, 6.07) is 4.36. The van der Waals surface area contributed by atoms with Gasteiger partial charge in [0.2, 0.25) is 0 Å². The average Bonchev–Trinajstić information content (AvgIpc) is 2.34. The number of nitrogen functional groups attached to an aromatic ring is 1. The van der Waals surface area contributed by atoms with Crippen LogP contribution in [0.1, 0.15) is 23.2 Å². The number of nitrogens with one attached hydrogen (secondary N) is 1. The van der Waals surface area contributed by atoms with Gasteiger partial charge < -0.3 is 11.1 Å². The summed E-state index contributed by atoms with van der Waals surface area (Å²) in [6.45, 7) is 0. The molecule has 0 aromatic heterocycles. The summed E-state index contributed by atoms with van der Waals surface area (Å²) in [5.41, 5.74) is 5.76. The normalized spacial score (nSPS) is 16.8. The maximum absolute atomic E-state index is 13.2. The van der Waals surface area contributed by atoms with Crippen molar-refractivity contribution in [3.05, 3.63) is 29.6 Å². The molecule has 0 atom stereocenters. The SMILES string of the molecule is Nc1ccc(C(=O)NC2CCSCC2)cc1F. The summed E-state index contributed by atoms with van der Waals surface area (Å²) < 4.78 is 13.2. The summed E-state index contributed by atoms with van der Waals surface area (Å²) >= 11 is 1.90. The molecule has 0 spiro atoms. The number of anilines is 1. The fourth-order valence-corrected chi connectivity index (χ4v) is 2.89. The van der Waals surface area contributed by atoms with Crippen LogP contribution in [0, 0.1) is 5.82 Å². The largest absolute Gasteiger partial charge is 0.396 e. The van der Waals surface area contributed by atoms with Crippen molar-refractivity contribution >= 4 is 23.4 Å². The zero-order valence-corrected chi connectivity index (χ0v) is 10.2. The third-order valence-corrected chi connectivity index (χ3v) is 3.87. The second kappa shape index (κ2) is 5.40. The Labute approximate surface area is 104 Å². The zero-order chi connectivity index (χ0) is 12.3. The van der Waals surface area contributed by atoms with E-state index in [1.165, 1.54) is 12.1 Å². The van der Waals surface area contributed by atoms with Crippen LogP contribution in [0.25, 0.3) is 0 Å². The second-order valence-corrected chi connectivity index (χ2v) is 5.32. The highest BCUT2D eigenvalue weighted by Crippen LogP contribution is 2.18. The number of amides is 1. The highest BCUT2D eigenvalue weighted by atomic mass is 32.2. The van der Waals surface area contributed by atoms with Crippen molar-refractivity contribution in [3.63, 3.8) is 0 Å². The number of benzene rings is 1. The molecule has 0 aliphatic carbocycles. The smallest absolute Gasteiger partial charge is 0.251 e. The van der Waals surface area contributed by atoms with Crippen LogP contribution in [-0.4, -0.2) is 23.5 Å². The molecule has 0 saturated carbocycles. The average molecular weight is 254 g/mol. The maximum Gasteiger partial charge on any atom is 0.251 e. The molecule has 5 heteroatoms. The van der Waals surface area contributed by atoms with Gasteiger partial charge in [-0.1, -0.05) is 0 Å². The number of carbonyl (C=O) groups is 1.